The Morgan fingerprint density at radius 1 is 1.25 bits per heavy atom. The van der Waals surface area contributed by atoms with E-state index in [1.165, 1.54) is 45.3 Å². The van der Waals surface area contributed by atoms with Crippen LogP contribution in [0, 0.1) is 0 Å². The molecule has 2 aliphatic rings. The number of hydrogen-bond acceptors (Lipinski definition) is 2. The van der Waals surface area contributed by atoms with Crippen molar-refractivity contribution in [2.24, 2.45) is 0 Å². The van der Waals surface area contributed by atoms with Gasteiger partial charge in [0.25, 0.3) is 0 Å². The largest absolute Gasteiger partial charge is 0.311 e. The smallest absolute Gasteiger partial charge is 0.0221 e. The molecule has 0 saturated carbocycles. The molecule has 1 N–H and O–H groups in total. The molecule has 2 fully saturated rings. The molecule has 0 spiro atoms. The van der Waals surface area contributed by atoms with Gasteiger partial charge in [-0.15, -0.1) is 0 Å². The SMILES string of the molecule is C[C@@H]1CN2CCCCCC2CN1. The first-order valence-corrected chi connectivity index (χ1v) is 5.33. The van der Waals surface area contributed by atoms with Crippen LogP contribution in [0.2, 0.25) is 0 Å². The third kappa shape index (κ3) is 1.80. The van der Waals surface area contributed by atoms with E-state index in [-0.39, 0.29) is 0 Å². The van der Waals surface area contributed by atoms with Crippen LogP contribution in [0.3, 0.4) is 0 Å². The normalized spacial score (nSPS) is 38.8. The highest BCUT2D eigenvalue weighted by Gasteiger charge is 2.26. The first-order valence-electron chi connectivity index (χ1n) is 5.33. The standard InChI is InChI=1S/C10H20N2/c1-9-8-12-6-4-2-3-5-10(12)7-11-9/h9-11H,2-8H2,1H3/t9-,10?/m1/s1. The molecule has 2 heteroatoms. The minimum Gasteiger partial charge on any atom is -0.311 e. The van der Waals surface area contributed by atoms with E-state index in [9.17, 15) is 0 Å². The number of nitrogens with zero attached hydrogens (tertiary/aromatic N) is 1. The Morgan fingerprint density at radius 2 is 2.17 bits per heavy atom. The molecule has 2 saturated heterocycles. The van der Waals surface area contributed by atoms with Crippen LogP contribution in [0.25, 0.3) is 0 Å². The van der Waals surface area contributed by atoms with Crippen molar-refractivity contribution in [3.63, 3.8) is 0 Å². The van der Waals surface area contributed by atoms with Crippen molar-refractivity contribution in [3.05, 3.63) is 0 Å². The third-order valence-electron chi connectivity index (χ3n) is 3.21. The zero-order valence-corrected chi connectivity index (χ0v) is 8.05. The lowest BCUT2D eigenvalue weighted by molar-refractivity contribution is 0.138. The molecule has 1 unspecified atom stereocenters. The van der Waals surface area contributed by atoms with E-state index in [2.05, 4.69) is 17.1 Å². The Bertz CT molecular complexity index is 147. The van der Waals surface area contributed by atoms with Crippen LogP contribution in [0.1, 0.15) is 32.6 Å². The summed E-state index contributed by atoms with van der Waals surface area (Å²) >= 11 is 0. The molecule has 0 bridgehead atoms. The summed E-state index contributed by atoms with van der Waals surface area (Å²) in [6, 6.07) is 1.56. The summed E-state index contributed by atoms with van der Waals surface area (Å²) in [6.45, 7) is 6.13. The van der Waals surface area contributed by atoms with Crippen LogP contribution >= 0.6 is 0 Å². The number of fused-ring (bicyclic) bond motifs is 1. The van der Waals surface area contributed by atoms with E-state index < -0.39 is 0 Å². The zero-order chi connectivity index (χ0) is 8.39. The maximum atomic E-state index is 3.57. The maximum Gasteiger partial charge on any atom is 0.0221 e. The van der Waals surface area contributed by atoms with Crippen molar-refractivity contribution in [3.8, 4) is 0 Å². The van der Waals surface area contributed by atoms with Gasteiger partial charge in [-0.1, -0.05) is 12.8 Å². The highest BCUT2D eigenvalue weighted by Crippen LogP contribution is 2.18. The number of nitrogens with one attached hydrogen (secondary N) is 1. The summed E-state index contributed by atoms with van der Waals surface area (Å²) in [5.74, 6) is 0. The van der Waals surface area contributed by atoms with Gasteiger partial charge in [-0.3, -0.25) is 4.90 Å². The Labute approximate surface area is 75.3 Å². The van der Waals surface area contributed by atoms with Crippen LogP contribution < -0.4 is 5.32 Å². The predicted molar refractivity (Wildman–Crippen MR) is 51.3 cm³/mol. The van der Waals surface area contributed by atoms with E-state index in [1.807, 2.05) is 0 Å². The Hall–Kier alpha value is -0.0800. The van der Waals surface area contributed by atoms with Crippen molar-refractivity contribution in [1.82, 2.24) is 10.2 Å². The van der Waals surface area contributed by atoms with Gasteiger partial charge < -0.3 is 5.32 Å². The highest BCUT2D eigenvalue weighted by atomic mass is 15.2. The Balaban J connectivity index is 1.94. The predicted octanol–water partition coefficient (Wildman–Crippen LogP) is 1.22. The topological polar surface area (TPSA) is 15.3 Å². The molecule has 2 heterocycles. The average Bonchev–Trinajstić information content (AvgIpc) is 2.28. The lowest BCUT2D eigenvalue weighted by Crippen LogP contribution is -2.54. The van der Waals surface area contributed by atoms with Crippen molar-refractivity contribution in [2.75, 3.05) is 19.6 Å². The molecule has 2 atom stereocenters. The fourth-order valence-corrected chi connectivity index (χ4v) is 2.46. The molecule has 0 aliphatic carbocycles. The van der Waals surface area contributed by atoms with E-state index >= 15 is 0 Å². The zero-order valence-electron chi connectivity index (χ0n) is 8.05. The molecular weight excluding hydrogens is 148 g/mol. The lowest BCUT2D eigenvalue weighted by atomic mass is 10.1. The molecule has 0 aromatic carbocycles. The summed E-state index contributed by atoms with van der Waals surface area (Å²) in [6.07, 6.45) is 5.72. The van der Waals surface area contributed by atoms with E-state index in [4.69, 9.17) is 0 Å². The van der Waals surface area contributed by atoms with Gasteiger partial charge in [0, 0.05) is 25.2 Å². The summed E-state index contributed by atoms with van der Waals surface area (Å²) in [5, 5.41) is 3.57. The molecule has 0 aromatic heterocycles. The molecular formula is C10H20N2. The van der Waals surface area contributed by atoms with Gasteiger partial charge in [0.1, 0.15) is 0 Å². The molecule has 2 rings (SSSR count). The van der Waals surface area contributed by atoms with Gasteiger partial charge in [0.15, 0.2) is 0 Å². The van der Waals surface area contributed by atoms with Gasteiger partial charge in [0.2, 0.25) is 0 Å². The van der Waals surface area contributed by atoms with Crippen LogP contribution in [0.5, 0.6) is 0 Å². The first kappa shape index (κ1) is 8.52. The summed E-state index contributed by atoms with van der Waals surface area (Å²) in [4.78, 5) is 2.69. The molecule has 0 amide bonds. The van der Waals surface area contributed by atoms with Crippen LogP contribution in [-0.4, -0.2) is 36.6 Å². The maximum absolute atomic E-state index is 3.57. The van der Waals surface area contributed by atoms with Gasteiger partial charge >= 0.3 is 0 Å². The van der Waals surface area contributed by atoms with Gasteiger partial charge in [-0.05, 0) is 26.3 Å². The second kappa shape index (κ2) is 3.75. The molecule has 12 heavy (non-hydrogen) atoms. The van der Waals surface area contributed by atoms with E-state index in [0.29, 0.717) is 6.04 Å². The second-order valence-electron chi connectivity index (χ2n) is 4.31. The molecule has 0 radical (unpaired) electrons. The number of hydrogen-bond donors (Lipinski definition) is 1. The van der Waals surface area contributed by atoms with Gasteiger partial charge in [-0.25, -0.2) is 0 Å². The third-order valence-corrected chi connectivity index (χ3v) is 3.21. The lowest BCUT2D eigenvalue weighted by Gasteiger charge is -2.38. The molecule has 0 aromatic rings. The molecule has 70 valence electrons. The van der Waals surface area contributed by atoms with Crippen molar-refractivity contribution in [1.29, 1.82) is 0 Å². The summed E-state index contributed by atoms with van der Waals surface area (Å²) in [7, 11) is 0. The van der Waals surface area contributed by atoms with Crippen LogP contribution in [0.4, 0.5) is 0 Å². The Morgan fingerprint density at radius 3 is 3.08 bits per heavy atom. The monoisotopic (exact) mass is 168 g/mol. The summed E-state index contributed by atoms with van der Waals surface area (Å²) < 4.78 is 0. The second-order valence-corrected chi connectivity index (χ2v) is 4.31. The minimum absolute atomic E-state index is 0.708. The average molecular weight is 168 g/mol. The van der Waals surface area contributed by atoms with E-state index in [1.54, 1.807) is 0 Å². The van der Waals surface area contributed by atoms with Gasteiger partial charge in [-0.2, -0.15) is 0 Å². The highest BCUT2D eigenvalue weighted by molar-refractivity contribution is 4.85. The van der Waals surface area contributed by atoms with E-state index in [0.717, 1.165) is 6.04 Å². The van der Waals surface area contributed by atoms with Gasteiger partial charge in [0.05, 0.1) is 0 Å². The minimum atomic E-state index is 0.708. The first-order chi connectivity index (χ1) is 5.86. The Kier molecular flexibility index (Phi) is 2.66. The molecule has 2 nitrogen and oxygen atoms in total. The fourth-order valence-electron chi connectivity index (χ4n) is 2.46. The summed E-state index contributed by atoms with van der Waals surface area (Å²) in [5.41, 5.74) is 0. The van der Waals surface area contributed by atoms with Crippen molar-refractivity contribution < 1.29 is 0 Å². The number of piperazine rings is 1. The van der Waals surface area contributed by atoms with Crippen molar-refractivity contribution >= 4 is 0 Å². The molecule has 2 aliphatic heterocycles. The van der Waals surface area contributed by atoms with Crippen molar-refractivity contribution in [2.45, 2.75) is 44.7 Å². The van der Waals surface area contributed by atoms with Crippen LogP contribution in [-0.2, 0) is 0 Å². The fraction of sp³-hybridized carbons (Fsp3) is 1.00. The quantitative estimate of drug-likeness (QED) is 0.585. The number of rotatable bonds is 0. The van der Waals surface area contributed by atoms with Crippen LogP contribution in [0.15, 0.2) is 0 Å².